The average molecular weight is 328 g/mol. The van der Waals surface area contributed by atoms with Crippen molar-refractivity contribution in [2.45, 2.75) is 12.5 Å². The van der Waals surface area contributed by atoms with Crippen molar-refractivity contribution in [3.63, 3.8) is 0 Å². The molecule has 7 nitrogen and oxygen atoms in total. The van der Waals surface area contributed by atoms with Crippen LogP contribution in [-0.4, -0.2) is 52.3 Å². The molecule has 0 bridgehead atoms. The zero-order valence-corrected chi connectivity index (χ0v) is 13.2. The number of methoxy groups -OCH3 is 1. The summed E-state index contributed by atoms with van der Waals surface area (Å²) in [4.78, 5) is 11.6. The molecule has 1 saturated heterocycles. The zero-order valence-electron chi connectivity index (χ0n) is 12.4. The molecule has 0 saturated carbocycles. The van der Waals surface area contributed by atoms with Crippen LogP contribution in [0, 0.1) is 0 Å². The molecule has 1 atom stereocenters. The van der Waals surface area contributed by atoms with E-state index in [1.54, 1.807) is 19.2 Å². The largest absolute Gasteiger partial charge is 0.497 e. The lowest BCUT2D eigenvalue weighted by Crippen LogP contribution is -2.43. The molecule has 0 spiro atoms. The van der Waals surface area contributed by atoms with Gasteiger partial charge in [0.25, 0.3) is 0 Å². The topological polar surface area (TPSA) is 93.7 Å². The number of rotatable bonds is 6. The van der Waals surface area contributed by atoms with Crippen LogP contribution in [-0.2, 0) is 9.84 Å². The number of hydrogen-bond acceptors (Lipinski definition) is 5. The van der Waals surface area contributed by atoms with Gasteiger partial charge in [0.05, 0.1) is 25.2 Å². The minimum absolute atomic E-state index is 0.0146. The van der Waals surface area contributed by atoms with Crippen molar-refractivity contribution < 1.29 is 22.7 Å². The van der Waals surface area contributed by atoms with Gasteiger partial charge >= 0.3 is 6.03 Å². The smallest absolute Gasteiger partial charge is 0.315 e. The van der Waals surface area contributed by atoms with Crippen molar-refractivity contribution in [1.29, 1.82) is 0 Å². The van der Waals surface area contributed by atoms with E-state index in [0.29, 0.717) is 31.1 Å². The van der Waals surface area contributed by atoms with Gasteiger partial charge in [0, 0.05) is 12.1 Å². The summed E-state index contributed by atoms with van der Waals surface area (Å²) in [6, 6.07) is 6.50. The minimum atomic E-state index is -2.99. The Bertz CT molecular complexity index is 617. The molecule has 0 radical (unpaired) electrons. The van der Waals surface area contributed by atoms with Crippen LogP contribution in [0.25, 0.3) is 0 Å². The minimum Gasteiger partial charge on any atom is -0.497 e. The summed E-state index contributed by atoms with van der Waals surface area (Å²) in [7, 11) is -1.41. The Labute approximate surface area is 129 Å². The number of hydrogen-bond donors (Lipinski definition) is 2. The van der Waals surface area contributed by atoms with Gasteiger partial charge in [-0.25, -0.2) is 13.2 Å². The Morgan fingerprint density at radius 1 is 1.36 bits per heavy atom. The summed E-state index contributed by atoms with van der Waals surface area (Å²) in [5.74, 6) is 1.51. The van der Waals surface area contributed by atoms with Gasteiger partial charge in [-0.15, -0.1) is 0 Å². The van der Waals surface area contributed by atoms with Gasteiger partial charge in [-0.2, -0.15) is 0 Å². The first kappa shape index (κ1) is 16.4. The fourth-order valence-corrected chi connectivity index (χ4v) is 3.84. The Morgan fingerprint density at radius 2 is 2.14 bits per heavy atom. The second-order valence-corrected chi connectivity index (χ2v) is 7.26. The van der Waals surface area contributed by atoms with Gasteiger partial charge in [0.15, 0.2) is 9.84 Å². The fourth-order valence-electron chi connectivity index (χ4n) is 2.17. The number of carbonyl (C=O) groups is 1. The second-order valence-electron chi connectivity index (χ2n) is 5.03. The lowest BCUT2D eigenvalue weighted by atomic mass is 10.3. The van der Waals surface area contributed by atoms with E-state index in [9.17, 15) is 13.2 Å². The summed E-state index contributed by atoms with van der Waals surface area (Å²) >= 11 is 0. The van der Waals surface area contributed by atoms with Crippen LogP contribution < -0.4 is 20.1 Å². The van der Waals surface area contributed by atoms with Crippen molar-refractivity contribution in [1.82, 2.24) is 10.6 Å². The van der Waals surface area contributed by atoms with E-state index >= 15 is 0 Å². The molecule has 1 aliphatic rings. The molecule has 8 heteroatoms. The Hall–Kier alpha value is -1.96. The quantitative estimate of drug-likeness (QED) is 0.744. The number of sulfone groups is 1. The molecule has 1 unspecified atom stereocenters. The third-order valence-corrected chi connectivity index (χ3v) is 5.03. The van der Waals surface area contributed by atoms with E-state index in [0.717, 1.165) is 0 Å². The SMILES string of the molecule is COc1cccc(OCCNC(=O)NC2CCS(=O)(=O)C2)c1. The summed E-state index contributed by atoms with van der Waals surface area (Å²) in [5.41, 5.74) is 0. The molecule has 22 heavy (non-hydrogen) atoms. The molecule has 2 N–H and O–H groups in total. The Kier molecular flexibility index (Phi) is 5.48. The van der Waals surface area contributed by atoms with Crippen LogP contribution in [0.3, 0.4) is 0 Å². The monoisotopic (exact) mass is 328 g/mol. The number of ether oxygens (including phenoxy) is 2. The van der Waals surface area contributed by atoms with Crippen molar-refractivity contribution in [2.75, 3.05) is 31.8 Å². The molecule has 122 valence electrons. The van der Waals surface area contributed by atoms with E-state index < -0.39 is 9.84 Å². The highest BCUT2D eigenvalue weighted by atomic mass is 32.2. The van der Waals surface area contributed by atoms with Crippen molar-refractivity contribution >= 4 is 15.9 Å². The molecule has 1 aromatic carbocycles. The summed E-state index contributed by atoms with van der Waals surface area (Å²) in [6.07, 6.45) is 0.468. The first-order chi connectivity index (χ1) is 10.5. The highest BCUT2D eigenvalue weighted by molar-refractivity contribution is 7.91. The zero-order chi connectivity index (χ0) is 16.0. The van der Waals surface area contributed by atoms with E-state index in [4.69, 9.17) is 9.47 Å². The lowest BCUT2D eigenvalue weighted by Gasteiger charge is -2.12. The van der Waals surface area contributed by atoms with Crippen LogP contribution in [0.1, 0.15) is 6.42 Å². The predicted octanol–water partition coefficient (Wildman–Crippen LogP) is 0.560. The van der Waals surface area contributed by atoms with E-state index in [1.165, 1.54) is 0 Å². The second kappa shape index (κ2) is 7.35. The van der Waals surface area contributed by atoms with Crippen molar-refractivity contribution in [3.8, 4) is 11.5 Å². The van der Waals surface area contributed by atoms with Crippen LogP contribution in [0.15, 0.2) is 24.3 Å². The molecule has 0 aliphatic carbocycles. The summed E-state index contributed by atoms with van der Waals surface area (Å²) in [6.45, 7) is 0.631. The van der Waals surface area contributed by atoms with Crippen LogP contribution in [0.4, 0.5) is 4.79 Å². The maximum Gasteiger partial charge on any atom is 0.315 e. The summed E-state index contributed by atoms with van der Waals surface area (Å²) < 4.78 is 33.1. The molecule has 1 aromatic rings. The van der Waals surface area contributed by atoms with E-state index in [1.807, 2.05) is 12.1 Å². The van der Waals surface area contributed by atoms with E-state index in [2.05, 4.69) is 10.6 Å². The standard InChI is InChI=1S/C14H20N2O5S/c1-20-12-3-2-4-13(9-12)21-7-6-15-14(17)16-11-5-8-22(18,19)10-11/h2-4,9,11H,5-8,10H2,1H3,(H2,15,16,17). The number of nitrogens with one attached hydrogen (secondary N) is 2. The summed E-state index contributed by atoms with van der Waals surface area (Å²) in [5, 5.41) is 5.28. The van der Waals surface area contributed by atoms with Gasteiger partial charge in [-0.1, -0.05) is 6.07 Å². The highest BCUT2D eigenvalue weighted by Gasteiger charge is 2.28. The molecule has 2 rings (SSSR count). The van der Waals surface area contributed by atoms with Gasteiger partial charge < -0.3 is 20.1 Å². The molecular formula is C14H20N2O5S. The van der Waals surface area contributed by atoms with Crippen LogP contribution >= 0.6 is 0 Å². The third-order valence-electron chi connectivity index (χ3n) is 3.27. The van der Waals surface area contributed by atoms with Gasteiger partial charge in [0.1, 0.15) is 18.1 Å². The van der Waals surface area contributed by atoms with E-state index in [-0.39, 0.29) is 23.6 Å². The van der Waals surface area contributed by atoms with Gasteiger partial charge in [-0.05, 0) is 18.6 Å². The van der Waals surface area contributed by atoms with Gasteiger partial charge in [-0.3, -0.25) is 0 Å². The third kappa shape index (κ3) is 5.10. The van der Waals surface area contributed by atoms with Gasteiger partial charge in [0.2, 0.25) is 0 Å². The predicted molar refractivity (Wildman–Crippen MR) is 82.1 cm³/mol. The Morgan fingerprint density at radius 3 is 2.82 bits per heavy atom. The highest BCUT2D eigenvalue weighted by Crippen LogP contribution is 2.18. The van der Waals surface area contributed by atoms with Crippen LogP contribution in [0.5, 0.6) is 11.5 Å². The molecule has 1 aliphatic heterocycles. The van der Waals surface area contributed by atoms with Crippen LogP contribution in [0.2, 0.25) is 0 Å². The lowest BCUT2D eigenvalue weighted by molar-refractivity contribution is 0.233. The molecule has 1 fully saturated rings. The maximum absolute atomic E-state index is 11.6. The fraction of sp³-hybridized carbons (Fsp3) is 0.500. The molecule has 0 aromatic heterocycles. The molecular weight excluding hydrogens is 308 g/mol. The van der Waals surface area contributed by atoms with Crippen molar-refractivity contribution in [2.24, 2.45) is 0 Å². The molecule has 1 heterocycles. The number of carbonyl (C=O) groups excluding carboxylic acids is 1. The maximum atomic E-state index is 11.6. The normalized spacial score (nSPS) is 19.4. The first-order valence-corrected chi connectivity index (χ1v) is 8.82. The number of urea groups is 1. The first-order valence-electron chi connectivity index (χ1n) is 7.00. The van der Waals surface area contributed by atoms with Crippen molar-refractivity contribution in [3.05, 3.63) is 24.3 Å². The number of amides is 2. The average Bonchev–Trinajstić information content (AvgIpc) is 2.82. The Balaban J connectivity index is 1.65. The molecule has 2 amide bonds. The number of benzene rings is 1.